The third kappa shape index (κ3) is 3.23. The Balaban J connectivity index is 1.38. The molecule has 4 nitrogen and oxygen atoms in total. The summed E-state index contributed by atoms with van der Waals surface area (Å²) >= 11 is 1.64. The molecule has 4 bridgehead atoms. The van der Waals surface area contributed by atoms with E-state index < -0.39 is 6.04 Å². The van der Waals surface area contributed by atoms with Gasteiger partial charge < -0.3 is 10.2 Å². The summed E-state index contributed by atoms with van der Waals surface area (Å²) in [5, 5.41) is 7.15. The zero-order valence-electron chi connectivity index (χ0n) is 15.2. The Kier molecular flexibility index (Phi) is 4.38. The Labute approximate surface area is 154 Å². The molecule has 0 saturated heterocycles. The van der Waals surface area contributed by atoms with Gasteiger partial charge in [0.1, 0.15) is 6.04 Å². The quantitative estimate of drug-likeness (QED) is 0.874. The van der Waals surface area contributed by atoms with Crippen molar-refractivity contribution in [2.75, 3.05) is 7.05 Å². The molecule has 0 aliphatic heterocycles. The molecule has 136 valence electrons. The van der Waals surface area contributed by atoms with Crippen LogP contribution < -0.4 is 5.32 Å². The van der Waals surface area contributed by atoms with Crippen LogP contribution in [0.15, 0.2) is 16.8 Å². The van der Waals surface area contributed by atoms with Crippen molar-refractivity contribution in [3.63, 3.8) is 0 Å². The van der Waals surface area contributed by atoms with Gasteiger partial charge in [0.25, 0.3) is 0 Å². The minimum atomic E-state index is -0.454. The van der Waals surface area contributed by atoms with Gasteiger partial charge in [-0.1, -0.05) is 0 Å². The lowest BCUT2D eigenvalue weighted by molar-refractivity contribution is -0.149. The van der Waals surface area contributed by atoms with E-state index in [9.17, 15) is 9.59 Å². The first kappa shape index (κ1) is 17.1. The molecule has 1 heterocycles. The molecule has 25 heavy (non-hydrogen) atoms. The number of hydrogen-bond donors (Lipinski definition) is 1. The Bertz CT molecular complexity index is 619. The average Bonchev–Trinajstić information content (AvgIpc) is 3.05. The lowest BCUT2D eigenvalue weighted by Crippen LogP contribution is -2.56. The summed E-state index contributed by atoms with van der Waals surface area (Å²) in [5.74, 6) is 2.35. The number of nitrogens with one attached hydrogen (secondary N) is 1. The standard InChI is InChI=1S/C20H28N2O2S/c1-13(18(23)22(2)11-14-3-4-25-12-14)21-19(24)20-8-15-5-16(9-20)7-17(6-15)10-20/h3-4,12-13,15-17H,5-11H2,1-2H3,(H,21,24)/t13-,15?,16?,17?,20?/m1/s1. The van der Waals surface area contributed by atoms with E-state index in [1.165, 1.54) is 19.3 Å². The second-order valence-electron chi connectivity index (χ2n) is 8.72. The minimum Gasteiger partial charge on any atom is -0.344 e. The van der Waals surface area contributed by atoms with Crippen LogP contribution in [0.5, 0.6) is 0 Å². The predicted octanol–water partition coefficient (Wildman–Crippen LogP) is 3.43. The molecule has 2 amide bonds. The monoisotopic (exact) mass is 360 g/mol. The van der Waals surface area contributed by atoms with Crippen LogP contribution in [-0.4, -0.2) is 29.8 Å². The van der Waals surface area contributed by atoms with E-state index in [2.05, 4.69) is 10.7 Å². The minimum absolute atomic E-state index is 0.00993. The highest BCUT2D eigenvalue weighted by Gasteiger charge is 2.54. The van der Waals surface area contributed by atoms with Crippen molar-refractivity contribution in [1.82, 2.24) is 10.2 Å². The summed E-state index contributed by atoms with van der Waals surface area (Å²) in [7, 11) is 1.81. The van der Waals surface area contributed by atoms with Gasteiger partial charge in [-0.25, -0.2) is 0 Å². The summed E-state index contributed by atoms with van der Waals surface area (Å²) in [6, 6.07) is 1.58. The molecule has 0 spiro atoms. The van der Waals surface area contributed by atoms with Crippen molar-refractivity contribution in [1.29, 1.82) is 0 Å². The number of nitrogens with zero attached hydrogens (tertiary/aromatic N) is 1. The van der Waals surface area contributed by atoms with Crippen molar-refractivity contribution < 1.29 is 9.59 Å². The number of thiophene rings is 1. The Hall–Kier alpha value is -1.36. The van der Waals surface area contributed by atoms with Crippen LogP contribution in [0.3, 0.4) is 0 Å². The van der Waals surface area contributed by atoms with Gasteiger partial charge in [0.2, 0.25) is 11.8 Å². The summed E-state index contributed by atoms with van der Waals surface area (Å²) < 4.78 is 0. The number of amides is 2. The molecule has 5 rings (SSSR count). The van der Waals surface area contributed by atoms with E-state index in [0.29, 0.717) is 6.54 Å². The number of likely N-dealkylation sites (N-methyl/N-ethyl adjacent to an activating group) is 1. The van der Waals surface area contributed by atoms with Crippen molar-refractivity contribution in [3.05, 3.63) is 22.4 Å². The van der Waals surface area contributed by atoms with Gasteiger partial charge >= 0.3 is 0 Å². The van der Waals surface area contributed by atoms with Crippen LogP contribution in [-0.2, 0) is 16.1 Å². The van der Waals surface area contributed by atoms with Crippen LogP contribution >= 0.6 is 11.3 Å². The van der Waals surface area contributed by atoms with E-state index in [-0.39, 0.29) is 17.2 Å². The van der Waals surface area contributed by atoms with Gasteiger partial charge in [0, 0.05) is 19.0 Å². The molecule has 1 atom stereocenters. The second-order valence-corrected chi connectivity index (χ2v) is 9.50. The molecule has 4 aliphatic carbocycles. The van der Waals surface area contributed by atoms with Crippen LogP contribution in [0.4, 0.5) is 0 Å². The van der Waals surface area contributed by atoms with E-state index in [4.69, 9.17) is 0 Å². The maximum absolute atomic E-state index is 13.1. The van der Waals surface area contributed by atoms with Crippen molar-refractivity contribution >= 4 is 23.2 Å². The molecule has 4 aliphatic rings. The Morgan fingerprint density at radius 3 is 2.36 bits per heavy atom. The fourth-order valence-electron chi connectivity index (χ4n) is 5.87. The van der Waals surface area contributed by atoms with Gasteiger partial charge in [-0.05, 0) is 85.6 Å². The topological polar surface area (TPSA) is 49.4 Å². The maximum atomic E-state index is 13.1. The largest absolute Gasteiger partial charge is 0.344 e. The van der Waals surface area contributed by atoms with Crippen molar-refractivity contribution in [2.24, 2.45) is 23.2 Å². The molecule has 0 aromatic carbocycles. The summed E-state index contributed by atoms with van der Waals surface area (Å²) in [6.45, 7) is 2.42. The molecule has 4 fully saturated rings. The number of carbonyl (C=O) groups is 2. The lowest BCUT2D eigenvalue weighted by atomic mass is 9.49. The molecule has 0 radical (unpaired) electrons. The molecule has 0 unspecified atom stereocenters. The second kappa shape index (κ2) is 6.42. The zero-order chi connectivity index (χ0) is 17.6. The van der Waals surface area contributed by atoms with Gasteiger partial charge in [-0.2, -0.15) is 11.3 Å². The first-order valence-electron chi connectivity index (χ1n) is 9.52. The Morgan fingerprint density at radius 2 is 1.84 bits per heavy atom. The van der Waals surface area contributed by atoms with E-state index >= 15 is 0 Å². The predicted molar refractivity (Wildman–Crippen MR) is 99.0 cm³/mol. The van der Waals surface area contributed by atoms with Gasteiger partial charge in [-0.3, -0.25) is 9.59 Å². The highest BCUT2D eigenvalue weighted by Crippen LogP contribution is 2.60. The molecule has 5 heteroatoms. The lowest BCUT2D eigenvalue weighted by Gasteiger charge is -2.55. The molecule has 1 aromatic rings. The number of carbonyl (C=O) groups excluding carboxylic acids is 2. The van der Waals surface area contributed by atoms with Gasteiger partial charge in [-0.15, -0.1) is 0 Å². The third-order valence-corrected chi connectivity index (χ3v) is 7.35. The fraction of sp³-hybridized carbons (Fsp3) is 0.700. The highest BCUT2D eigenvalue weighted by atomic mass is 32.1. The zero-order valence-corrected chi connectivity index (χ0v) is 16.0. The fourth-order valence-corrected chi connectivity index (χ4v) is 6.53. The van der Waals surface area contributed by atoms with Gasteiger partial charge in [0.15, 0.2) is 0 Å². The smallest absolute Gasteiger partial charge is 0.244 e. The summed E-state index contributed by atoms with van der Waals surface area (Å²) in [6.07, 6.45) is 7.09. The molecular weight excluding hydrogens is 332 g/mol. The average molecular weight is 361 g/mol. The number of rotatable bonds is 5. The van der Waals surface area contributed by atoms with Gasteiger partial charge in [0.05, 0.1) is 0 Å². The van der Waals surface area contributed by atoms with E-state index in [1.807, 2.05) is 25.4 Å². The molecular formula is C20H28N2O2S. The van der Waals surface area contributed by atoms with Crippen LogP contribution in [0.25, 0.3) is 0 Å². The summed E-state index contributed by atoms with van der Waals surface area (Å²) in [5.41, 5.74) is 0.954. The van der Waals surface area contributed by atoms with Crippen LogP contribution in [0.1, 0.15) is 51.0 Å². The molecule has 4 saturated carbocycles. The molecule has 1 aromatic heterocycles. The van der Waals surface area contributed by atoms with Crippen molar-refractivity contribution in [3.8, 4) is 0 Å². The Morgan fingerprint density at radius 1 is 1.24 bits per heavy atom. The summed E-state index contributed by atoms with van der Waals surface area (Å²) in [4.78, 5) is 27.4. The first-order chi connectivity index (χ1) is 11.9. The van der Waals surface area contributed by atoms with Crippen LogP contribution in [0, 0.1) is 23.2 Å². The number of hydrogen-bond acceptors (Lipinski definition) is 3. The SMILES string of the molecule is C[C@@H](NC(=O)C12CC3CC(CC(C3)C1)C2)C(=O)N(C)Cc1ccsc1. The highest BCUT2D eigenvalue weighted by molar-refractivity contribution is 7.07. The normalized spacial score (nSPS) is 33.9. The van der Waals surface area contributed by atoms with Crippen LogP contribution in [0.2, 0.25) is 0 Å². The third-order valence-electron chi connectivity index (χ3n) is 6.61. The maximum Gasteiger partial charge on any atom is 0.244 e. The van der Waals surface area contributed by atoms with E-state index in [0.717, 1.165) is 42.6 Å². The molecule has 1 N–H and O–H groups in total. The van der Waals surface area contributed by atoms with Crippen molar-refractivity contribution in [2.45, 2.75) is 58.0 Å². The first-order valence-corrected chi connectivity index (χ1v) is 10.5. The van der Waals surface area contributed by atoms with E-state index in [1.54, 1.807) is 16.2 Å².